The summed E-state index contributed by atoms with van der Waals surface area (Å²) in [6.45, 7) is 12.3. The van der Waals surface area contributed by atoms with Gasteiger partial charge in [-0.1, -0.05) is 43.3 Å². The molecule has 3 N–H and O–H groups in total. The number of pyridine rings is 1. The van der Waals surface area contributed by atoms with Crippen LogP contribution in [0.3, 0.4) is 0 Å². The van der Waals surface area contributed by atoms with Gasteiger partial charge in [-0.25, -0.2) is 9.67 Å². The third-order valence-corrected chi connectivity index (χ3v) is 9.85. The molecule has 0 spiro atoms. The molecule has 6 rings (SSSR count). The van der Waals surface area contributed by atoms with E-state index in [-0.39, 0.29) is 30.8 Å². The summed E-state index contributed by atoms with van der Waals surface area (Å²) in [5, 5.41) is 15.2. The third-order valence-electron chi connectivity index (χ3n) is 9.85. The average molecular weight is 681 g/mol. The Kier molecular flexibility index (Phi) is 12.1. The molecule has 2 amide bonds. The monoisotopic (exact) mass is 680 g/mol. The summed E-state index contributed by atoms with van der Waals surface area (Å²) in [7, 11) is 2.20. The lowest BCUT2D eigenvalue weighted by molar-refractivity contribution is -0.129. The van der Waals surface area contributed by atoms with Gasteiger partial charge in [0.25, 0.3) is 0 Å². The molecular formula is C39H52N8O3. The SMILES string of the molecule is CCc1nc2c(cnn2CC)c(NC2CCOCC2)c1CNC(=O)CC(=O)NCc1cccc(-c2cccc(CN3CCCN(C)CC3)c2)c1. The number of amides is 2. The van der Waals surface area contributed by atoms with E-state index in [0.717, 1.165) is 110 Å². The van der Waals surface area contributed by atoms with Crippen molar-refractivity contribution in [3.63, 3.8) is 0 Å². The van der Waals surface area contributed by atoms with E-state index in [1.54, 1.807) is 0 Å². The molecule has 0 bridgehead atoms. The Balaban J connectivity index is 1.05. The van der Waals surface area contributed by atoms with E-state index >= 15 is 0 Å². The molecule has 0 radical (unpaired) electrons. The van der Waals surface area contributed by atoms with Crippen molar-refractivity contribution in [2.45, 2.75) is 78.2 Å². The van der Waals surface area contributed by atoms with Crippen LogP contribution in [0.25, 0.3) is 22.2 Å². The molecule has 4 heterocycles. The molecule has 4 aromatic rings. The zero-order chi connectivity index (χ0) is 34.9. The zero-order valence-electron chi connectivity index (χ0n) is 29.8. The Labute approximate surface area is 295 Å². The molecule has 2 aromatic carbocycles. The second kappa shape index (κ2) is 17.1. The van der Waals surface area contributed by atoms with Crippen molar-refractivity contribution < 1.29 is 14.3 Å². The molecule has 50 heavy (non-hydrogen) atoms. The molecule has 0 aliphatic carbocycles. The van der Waals surface area contributed by atoms with Crippen molar-refractivity contribution >= 4 is 28.5 Å². The van der Waals surface area contributed by atoms with Gasteiger partial charge in [0.05, 0.1) is 17.3 Å². The smallest absolute Gasteiger partial charge is 0.229 e. The summed E-state index contributed by atoms with van der Waals surface area (Å²) < 4.78 is 7.48. The zero-order valence-corrected chi connectivity index (χ0v) is 29.8. The van der Waals surface area contributed by atoms with Gasteiger partial charge in [-0.2, -0.15) is 5.10 Å². The number of likely N-dealkylation sites (N-methyl/N-ethyl adjacent to an activating group) is 1. The third kappa shape index (κ3) is 9.07. The molecule has 2 saturated heterocycles. The van der Waals surface area contributed by atoms with Gasteiger partial charge in [0.1, 0.15) is 6.42 Å². The highest BCUT2D eigenvalue weighted by molar-refractivity contribution is 5.97. The number of nitrogens with zero attached hydrogens (tertiary/aromatic N) is 5. The van der Waals surface area contributed by atoms with Gasteiger partial charge in [-0.3, -0.25) is 14.5 Å². The van der Waals surface area contributed by atoms with E-state index in [4.69, 9.17) is 9.72 Å². The molecule has 2 aliphatic heterocycles. The van der Waals surface area contributed by atoms with Gasteiger partial charge < -0.3 is 25.6 Å². The van der Waals surface area contributed by atoms with Crippen molar-refractivity contribution in [1.82, 2.24) is 35.2 Å². The molecule has 2 aliphatic rings. The first kappa shape index (κ1) is 35.5. The van der Waals surface area contributed by atoms with Crippen LogP contribution in [0.2, 0.25) is 0 Å². The van der Waals surface area contributed by atoms with E-state index in [2.05, 4.69) is 88.1 Å². The van der Waals surface area contributed by atoms with Crippen LogP contribution in [0.4, 0.5) is 5.69 Å². The first-order valence-electron chi connectivity index (χ1n) is 18.2. The fourth-order valence-corrected chi connectivity index (χ4v) is 6.99. The van der Waals surface area contributed by atoms with E-state index in [0.29, 0.717) is 13.0 Å². The lowest BCUT2D eigenvalue weighted by Crippen LogP contribution is -2.32. The number of anilines is 1. The summed E-state index contributed by atoms with van der Waals surface area (Å²) in [5.74, 6) is -0.639. The summed E-state index contributed by atoms with van der Waals surface area (Å²) >= 11 is 0. The Hall–Kier alpha value is -4.32. The normalized spacial score (nSPS) is 16.3. The number of nitrogens with one attached hydrogen (secondary N) is 3. The van der Waals surface area contributed by atoms with Crippen molar-refractivity contribution in [2.75, 3.05) is 51.8 Å². The maximum Gasteiger partial charge on any atom is 0.229 e. The Morgan fingerprint density at radius 3 is 2.36 bits per heavy atom. The second-order valence-corrected chi connectivity index (χ2v) is 13.6. The van der Waals surface area contributed by atoms with Gasteiger partial charge in [0.2, 0.25) is 11.8 Å². The summed E-state index contributed by atoms with van der Waals surface area (Å²) in [6.07, 6.45) is 5.32. The number of benzene rings is 2. The number of hydrogen-bond donors (Lipinski definition) is 3. The van der Waals surface area contributed by atoms with Gasteiger partial charge in [-0.05, 0) is 87.1 Å². The number of rotatable bonds is 13. The van der Waals surface area contributed by atoms with E-state index in [1.807, 2.05) is 23.0 Å². The van der Waals surface area contributed by atoms with Crippen molar-refractivity contribution in [3.8, 4) is 11.1 Å². The molecule has 2 aromatic heterocycles. The molecule has 0 saturated carbocycles. The predicted octanol–water partition coefficient (Wildman–Crippen LogP) is 4.73. The van der Waals surface area contributed by atoms with E-state index < -0.39 is 0 Å². The quantitative estimate of drug-likeness (QED) is 0.174. The molecule has 11 nitrogen and oxygen atoms in total. The van der Waals surface area contributed by atoms with Crippen molar-refractivity contribution in [2.24, 2.45) is 0 Å². The number of hydrogen-bond acceptors (Lipinski definition) is 8. The summed E-state index contributed by atoms with van der Waals surface area (Å²) in [6, 6.07) is 17.2. The Morgan fingerprint density at radius 2 is 1.62 bits per heavy atom. The molecular weight excluding hydrogens is 628 g/mol. The summed E-state index contributed by atoms with van der Waals surface area (Å²) in [4.78, 5) is 35.8. The van der Waals surface area contributed by atoms with Crippen LogP contribution in [-0.4, -0.2) is 88.9 Å². The molecule has 2 fully saturated rings. The summed E-state index contributed by atoms with van der Waals surface area (Å²) in [5.41, 5.74) is 8.21. The Bertz CT molecular complexity index is 1770. The molecule has 0 atom stereocenters. The number of aromatic nitrogens is 3. The minimum Gasteiger partial charge on any atom is -0.381 e. The van der Waals surface area contributed by atoms with E-state index in [9.17, 15) is 9.59 Å². The fourth-order valence-electron chi connectivity index (χ4n) is 6.99. The van der Waals surface area contributed by atoms with Crippen LogP contribution in [-0.2, 0) is 46.9 Å². The average Bonchev–Trinajstić information content (AvgIpc) is 3.44. The highest BCUT2D eigenvalue weighted by Crippen LogP contribution is 2.31. The van der Waals surface area contributed by atoms with Gasteiger partial charge >= 0.3 is 0 Å². The second-order valence-electron chi connectivity index (χ2n) is 13.6. The van der Waals surface area contributed by atoms with Crippen LogP contribution in [0.1, 0.15) is 61.9 Å². The molecule has 266 valence electrons. The lowest BCUT2D eigenvalue weighted by atomic mass is 10.0. The van der Waals surface area contributed by atoms with Crippen LogP contribution >= 0.6 is 0 Å². The van der Waals surface area contributed by atoms with Crippen LogP contribution in [0, 0.1) is 0 Å². The maximum absolute atomic E-state index is 13.1. The number of carbonyl (C=O) groups excluding carboxylic acids is 2. The van der Waals surface area contributed by atoms with Crippen LogP contribution < -0.4 is 16.0 Å². The van der Waals surface area contributed by atoms with Crippen molar-refractivity contribution in [1.29, 1.82) is 0 Å². The van der Waals surface area contributed by atoms with Crippen LogP contribution in [0.5, 0.6) is 0 Å². The van der Waals surface area contributed by atoms with Gasteiger partial charge in [0.15, 0.2) is 5.65 Å². The standard InChI is InChI=1S/C39H52N8O3/c1-4-35-33(38(43-32-13-19-50-20-14-32)34-26-42-47(5-2)39(34)44-35)25-41-37(49)23-36(48)40-24-28-9-6-11-30(21-28)31-12-7-10-29(22-31)27-46-16-8-15-45(3)17-18-46/h6-7,9-12,21-22,26,32H,4-5,8,13-20,23-25,27H2,1-3H3,(H,40,48)(H,41,49)(H,43,44). The number of aryl methyl sites for hydroxylation is 2. The van der Waals surface area contributed by atoms with Crippen LogP contribution in [0.15, 0.2) is 54.7 Å². The highest BCUT2D eigenvalue weighted by atomic mass is 16.5. The minimum absolute atomic E-state index is 0.248. The minimum atomic E-state index is -0.326. The largest absolute Gasteiger partial charge is 0.381 e. The topological polar surface area (TPSA) is 117 Å². The highest BCUT2D eigenvalue weighted by Gasteiger charge is 2.22. The van der Waals surface area contributed by atoms with E-state index in [1.165, 1.54) is 12.0 Å². The lowest BCUT2D eigenvalue weighted by Gasteiger charge is -2.26. The van der Waals surface area contributed by atoms with Crippen molar-refractivity contribution in [3.05, 3.63) is 77.1 Å². The number of ether oxygens (including phenoxy) is 1. The fraction of sp³-hybridized carbons (Fsp3) is 0.487. The van der Waals surface area contributed by atoms with Gasteiger partial charge in [-0.15, -0.1) is 0 Å². The maximum atomic E-state index is 13.1. The Morgan fingerprint density at radius 1 is 0.900 bits per heavy atom. The van der Waals surface area contributed by atoms with Gasteiger partial charge in [0, 0.05) is 69.8 Å². The first-order valence-corrected chi connectivity index (χ1v) is 18.2. The first-order chi connectivity index (χ1) is 24.4. The predicted molar refractivity (Wildman–Crippen MR) is 198 cm³/mol. The number of carbonyl (C=O) groups is 2. The molecule has 0 unspecified atom stereocenters. The number of fused-ring (bicyclic) bond motifs is 1. The molecule has 11 heteroatoms.